The smallest absolute Gasteiger partial charge is 0.351 e. The molecule has 2 fully saturated rings. The summed E-state index contributed by atoms with van der Waals surface area (Å²) in [5.41, 5.74) is 2.45. The molecule has 4 N–H and O–H groups in total. The number of phosphoric acid groups is 1. The number of hydrogen-bond donors (Lipinski definition) is 3. The van der Waals surface area contributed by atoms with Gasteiger partial charge in [0.15, 0.2) is 6.23 Å². The maximum absolute atomic E-state index is 12.5. The molecule has 1 saturated carbocycles. The van der Waals surface area contributed by atoms with E-state index in [1.807, 2.05) is 6.92 Å². The van der Waals surface area contributed by atoms with Crippen molar-refractivity contribution in [2.24, 2.45) is 11.8 Å². The second-order valence-corrected chi connectivity index (χ2v) is 10.0. The Hall–Kier alpha value is -0.756. The second-order valence-electron chi connectivity index (χ2n) is 8.70. The molecule has 1 aliphatic heterocycles. The quantitative estimate of drug-likeness (QED) is 0.240. The van der Waals surface area contributed by atoms with Gasteiger partial charge < -0.3 is 50.4 Å². The third kappa shape index (κ3) is 6.14. The standard InChI is InChI=1S/C19H29N3O10P.Y/c1-9-6-19(17(25)26,7-10(2)11(9)3)32-33(28,29)30-8-12-14(23)15(24)16(31-12)22-5-4-13(20)21-18(22)27;/h4-5,9,11-12,14-16,23-24H,6-8H2,1-3H3,(H,25,26)(H,28,29)(H2,20,21,27);/q-1;/p-2/t9?,11-,12+,14-,15?,16+,19+;/m0./s1. The van der Waals surface area contributed by atoms with E-state index < -0.39 is 56.2 Å². The predicted molar refractivity (Wildman–Crippen MR) is 108 cm³/mol. The van der Waals surface area contributed by atoms with Crippen molar-refractivity contribution in [2.45, 2.75) is 63.8 Å². The normalized spacial score (nSPS) is 35.9. The molecule has 0 amide bonds. The zero-order valence-corrected chi connectivity index (χ0v) is 22.6. The van der Waals surface area contributed by atoms with Crippen LogP contribution in [0.3, 0.4) is 0 Å². The number of anilines is 1. The number of phosphoric ester groups is 1. The Kier molecular flexibility index (Phi) is 9.62. The van der Waals surface area contributed by atoms with E-state index in [0.717, 1.165) is 10.5 Å². The summed E-state index contributed by atoms with van der Waals surface area (Å²) in [6.45, 7) is 4.61. The van der Waals surface area contributed by atoms with Crippen LogP contribution in [-0.4, -0.2) is 56.3 Å². The number of carboxylic acids is 1. The Balaban J connectivity index is 0.00000408. The third-order valence-corrected chi connectivity index (χ3v) is 7.40. The van der Waals surface area contributed by atoms with Gasteiger partial charge in [0.2, 0.25) is 0 Å². The van der Waals surface area contributed by atoms with Crippen LogP contribution < -0.4 is 21.4 Å². The van der Waals surface area contributed by atoms with Crippen molar-refractivity contribution in [3.8, 4) is 0 Å². The average Bonchev–Trinajstić information content (AvgIpc) is 2.98. The SMILES string of the molecule is C[C-]1C[C@@](OP(=O)([O-])OC[C@H]2O[C@@H](n3ccc(N)nc3=O)C(O)[C@H]2O)(C(=O)[O-])CC(C)[C@@H]1C.[Y]. The van der Waals surface area contributed by atoms with E-state index in [1.54, 1.807) is 13.8 Å². The molecule has 0 aromatic carbocycles. The summed E-state index contributed by atoms with van der Waals surface area (Å²) in [7, 11) is -5.21. The number of aliphatic hydroxyl groups is 2. The van der Waals surface area contributed by atoms with Crippen LogP contribution in [0.5, 0.6) is 0 Å². The summed E-state index contributed by atoms with van der Waals surface area (Å²) in [6.07, 6.45) is -5.05. The van der Waals surface area contributed by atoms with Crippen LogP contribution in [0.1, 0.15) is 39.8 Å². The van der Waals surface area contributed by atoms with Crippen molar-refractivity contribution >= 4 is 19.6 Å². The molecule has 8 atom stereocenters. The minimum Gasteiger partial charge on any atom is -0.756 e. The number of aliphatic hydroxyl groups excluding tert-OH is 2. The average molecular weight is 577 g/mol. The molecule has 1 aromatic heterocycles. The van der Waals surface area contributed by atoms with E-state index in [2.05, 4.69) is 4.98 Å². The van der Waals surface area contributed by atoms with Gasteiger partial charge in [-0.15, -0.1) is 6.42 Å². The number of aliphatic carboxylic acids is 1. The molecule has 1 saturated heterocycles. The zero-order valence-electron chi connectivity index (χ0n) is 18.9. The monoisotopic (exact) mass is 577 g/mol. The van der Waals surface area contributed by atoms with E-state index in [9.17, 15) is 34.4 Å². The number of nitrogens with two attached hydrogens (primary N) is 1. The number of nitrogen functional groups attached to an aromatic ring is 1. The molecule has 189 valence electrons. The molecule has 0 spiro atoms. The summed E-state index contributed by atoms with van der Waals surface area (Å²) in [4.78, 5) is 39.8. The van der Waals surface area contributed by atoms with E-state index in [4.69, 9.17) is 19.5 Å². The number of ether oxygens (including phenoxy) is 1. The van der Waals surface area contributed by atoms with Crippen molar-refractivity contribution in [1.29, 1.82) is 0 Å². The number of rotatable bonds is 7. The zero-order chi connectivity index (χ0) is 24.7. The van der Waals surface area contributed by atoms with Gasteiger partial charge in [-0.1, -0.05) is 19.8 Å². The van der Waals surface area contributed by atoms with Crippen LogP contribution in [0.25, 0.3) is 0 Å². The fourth-order valence-electron chi connectivity index (χ4n) is 4.25. The van der Waals surface area contributed by atoms with Crippen molar-refractivity contribution in [3.05, 3.63) is 28.7 Å². The fourth-order valence-corrected chi connectivity index (χ4v) is 5.27. The van der Waals surface area contributed by atoms with Crippen LogP contribution >= 0.6 is 7.82 Å². The summed E-state index contributed by atoms with van der Waals surface area (Å²) in [5, 5.41) is 32.3. The Bertz CT molecular complexity index is 981. The number of carboxylic acid groups (broad SMARTS) is 1. The van der Waals surface area contributed by atoms with Gasteiger partial charge in [0.1, 0.15) is 24.1 Å². The topological polar surface area (TPSA) is 209 Å². The summed E-state index contributed by atoms with van der Waals surface area (Å²) in [5.74, 6) is -1.10. The summed E-state index contributed by atoms with van der Waals surface area (Å²) < 4.78 is 28.6. The van der Waals surface area contributed by atoms with Crippen LogP contribution in [0.15, 0.2) is 17.1 Å². The molecule has 3 unspecified atom stereocenters. The molecule has 34 heavy (non-hydrogen) atoms. The van der Waals surface area contributed by atoms with Gasteiger partial charge in [-0.05, 0) is 12.5 Å². The fraction of sp³-hybridized carbons (Fsp3) is 0.684. The van der Waals surface area contributed by atoms with Gasteiger partial charge in [-0.25, -0.2) is 4.79 Å². The minimum absolute atomic E-state index is 0. The largest absolute Gasteiger partial charge is 0.756 e. The molecule has 1 aliphatic carbocycles. The van der Waals surface area contributed by atoms with Gasteiger partial charge in [-0.2, -0.15) is 17.8 Å². The Morgan fingerprint density at radius 1 is 1.44 bits per heavy atom. The van der Waals surface area contributed by atoms with Crippen molar-refractivity contribution in [2.75, 3.05) is 12.3 Å². The van der Waals surface area contributed by atoms with Gasteiger partial charge in [0.25, 0.3) is 7.82 Å². The van der Waals surface area contributed by atoms with E-state index in [0.29, 0.717) is 0 Å². The Labute approximate surface area is 221 Å². The number of aromatic nitrogens is 2. The van der Waals surface area contributed by atoms with Crippen molar-refractivity contribution < 1.29 is 76.1 Å². The molecule has 1 radical (unpaired) electrons. The molecule has 3 rings (SSSR count). The maximum atomic E-state index is 12.5. The first-order valence-electron chi connectivity index (χ1n) is 10.3. The van der Waals surface area contributed by atoms with Crippen LogP contribution in [0.4, 0.5) is 5.82 Å². The summed E-state index contributed by atoms with van der Waals surface area (Å²) >= 11 is 0. The first-order valence-corrected chi connectivity index (χ1v) is 11.8. The molecule has 2 heterocycles. The maximum Gasteiger partial charge on any atom is 0.351 e. The molecule has 2 aliphatic rings. The van der Waals surface area contributed by atoms with Gasteiger partial charge in [0, 0.05) is 38.9 Å². The van der Waals surface area contributed by atoms with E-state index in [1.165, 1.54) is 12.3 Å². The Morgan fingerprint density at radius 2 is 2.09 bits per heavy atom. The third-order valence-electron chi connectivity index (χ3n) is 6.37. The first-order chi connectivity index (χ1) is 15.3. The van der Waals surface area contributed by atoms with Crippen molar-refractivity contribution in [1.82, 2.24) is 9.55 Å². The number of hydrogen-bond acceptors (Lipinski definition) is 12. The van der Waals surface area contributed by atoms with Crippen LogP contribution in [0.2, 0.25) is 0 Å². The molecule has 0 bridgehead atoms. The van der Waals surface area contributed by atoms with Crippen LogP contribution in [-0.2, 0) is 55.9 Å². The van der Waals surface area contributed by atoms with E-state index >= 15 is 0 Å². The Morgan fingerprint density at radius 3 is 2.65 bits per heavy atom. The predicted octanol–water partition coefficient (Wildman–Crippen LogP) is -1.91. The van der Waals surface area contributed by atoms with Gasteiger partial charge in [-0.3, -0.25) is 9.13 Å². The molecular formula is C19H27N3O10PY-3. The number of carbonyl (C=O) groups is 1. The molecule has 15 heteroatoms. The van der Waals surface area contributed by atoms with Gasteiger partial charge >= 0.3 is 5.69 Å². The van der Waals surface area contributed by atoms with E-state index in [-0.39, 0.29) is 63.2 Å². The minimum atomic E-state index is -5.21. The first kappa shape index (κ1) is 29.5. The number of carbonyl (C=O) groups excluding carboxylic acids is 1. The molecule has 13 nitrogen and oxygen atoms in total. The second kappa shape index (κ2) is 11.1. The van der Waals surface area contributed by atoms with Crippen molar-refractivity contribution in [3.63, 3.8) is 0 Å². The summed E-state index contributed by atoms with van der Waals surface area (Å²) in [6, 6.07) is 1.28. The molecule has 1 aromatic rings. The van der Waals surface area contributed by atoms with Gasteiger partial charge in [0.05, 0.1) is 18.2 Å². The molecular weight excluding hydrogens is 550 g/mol. The van der Waals surface area contributed by atoms with Crippen LogP contribution in [0, 0.1) is 17.8 Å². The number of nitrogens with zero attached hydrogens (tertiary/aromatic N) is 2.